The van der Waals surface area contributed by atoms with Crippen molar-refractivity contribution in [1.29, 1.82) is 10.5 Å². The van der Waals surface area contributed by atoms with Crippen LogP contribution in [0.15, 0.2) is 97.1 Å². The van der Waals surface area contributed by atoms with Crippen LogP contribution in [0.4, 0.5) is 11.4 Å². The second-order valence-corrected chi connectivity index (χ2v) is 11.3. The van der Waals surface area contributed by atoms with E-state index in [1.165, 1.54) is 74.9 Å². The highest BCUT2D eigenvalue weighted by atomic mass is 16.6. The Balaban J connectivity index is 1.88. The highest BCUT2D eigenvalue weighted by Crippen LogP contribution is 2.63. The first kappa shape index (κ1) is 32.3. The largest absolute Gasteiger partial charge is 0.497 e. The van der Waals surface area contributed by atoms with E-state index < -0.39 is 44.4 Å². The number of aliphatic hydroxyl groups is 1. The van der Waals surface area contributed by atoms with Gasteiger partial charge in [-0.2, -0.15) is 10.5 Å². The molecule has 0 heterocycles. The van der Waals surface area contributed by atoms with Crippen LogP contribution in [0.25, 0.3) is 0 Å². The van der Waals surface area contributed by atoms with E-state index in [9.17, 15) is 40.7 Å². The summed E-state index contributed by atoms with van der Waals surface area (Å²) in [6, 6.07) is 27.3. The zero-order valence-corrected chi connectivity index (χ0v) is 25.3. The Morgan fingerprint density at radius 3 is 1.79 bits per heavy atom. The number of hydrogen-bond acceptors (Lipinski definition) is 10. The first-order valence-corrected chi connectivity index (χ1v) is 14.4. The molecule has 0 amide bonds. The van der Waals surface area contributed by atoms with Gasteiger partial charge in [-0.25, -0.2) is 0 Å². The predicted octanol–water partition coefficient (Wildman–Crippen LogP) is 6.21. The summed E-state index contributed by atoms with van der Waals surface area (Å²) in [6.45, 7) is 0. The van der Waals surface area contributed by atoms with Crippen molar-refractivity contribution in [3.8, 4) is 23.6 Å². The molecule has 1 aliphatic carbocycles. The highest BCUT2D eigenvalue weighted by Gasteiger charge is 2.64. The molecule has 236 valence electrons. The van der Waals surface area contributed by atoms with Crippen LogP contribution in [-0.4, -0.2) is 35.0 Å². The summed E-state index contributed by atoms with van der Waals surface area (Å²) >= 11 is 0. The molecule has 12 nitrogen and oxygen atoms in total. The fourth-order valence-electron chi connectivity index (χ4n) is 6.68. The number of benzene rings is 4. The second kappa shape index (κ2) is 12.7. The Bertz CT molecular complexity index is 1920. The molecule has 0 saturated heterocycles. The lowest BCUT2D eigenvalue weighted by atomic mass is 9.48. The molecule has 0 bridgehead atoms. The monoisotopic (exact) mass is 632 g/mol. The minimum atomic E-state index is -2.14. The van der Waals surface area contributed by atoms with Gasteiger partial charge in [0.15, 0.2) is 11.2 Å². The van der Waals surface area contributed by atoms with E-state index in [1.54, 1.807) is 36.4 Å². The van der Waals surface area contributed by atoms with E-state index in [0.717, 1.165) is 0 Å². The molecule has 0 spiro atoms. The number of hydrogen-bond donors (Lipinski definition) is 1. The summed E-state index contributed by atoms with van der Waals surface area (Å²) in [5.41, 5.74) is -4.22. The van der Waals surface area contributed by atoms with E-state index in [1.807, 2.05) is 0 Å². The van der Waals surface area contributed by atoms with Gasteiger partial charge in [0.1, 0.15) is 17.1 Å². The van der Waals surface area contributed by atoms with Crippen molar-refractivity contribution >= 4 is 17.2 Å². The Hall–Kier alpha value is -6.11. The lowest BCUT2D eigenvalue weighted by molar-refractivity contribution is -0.385. The van der Waals surface area contributed by atoms with Gasteiger partial charge in [0, 0.05) is 41.7 Å². The quantitative estimate of drug-likeness (QED) is 0.126. The van der Waals surface area contributed by atoms with Crippen molar-refractivity contribution in [2.75, 3.05) is 14.2 Å². The molecule has 0 radical (unpaired) electrons. The molecule has 4 aromatic rings. The number of carbonyl (C=O) groups excluding carboxylic acids is 1. The predicted molar refractivity (Wildman–Crippen MR) is 168 cm³/mol. The van der Waals surface area contributed by atoms with Gasteiger partial charge in [0.25, 0.3) is 11.4 Å². The molecule has 1 N–H and O–H groups in total. The van der Waals surface area contributed by atoms with E-state index in [2.05, 4.69) is 12.1 Å². The first-order valence-electron chi connectivity index (χ1n) is 14.4. The van der Waals surface area contributed by atoms with E-state index >= 15 is 0 Å². The van der Waals surface area contributed by atoms with Gasteiger partial charge in [-0.05, 0) is 59.5 Å². The van der Waals surface area contributed by atoms with Gasteiger partial charge in [-0.3, -0.25) is 25.0 Å². The molecule has 4 unspecified atom stereocenters. The van der Waals surface area contributed by atoms with Crippen LogP contribution in [0, 0.1) is 54.2 Å². The number of nitrogens with zero attached hydrogens (tertiary/aromatic N) is 4. The third kappa shape index (κ3) is 5.63. The third-order valence-corrected chi connectivity index (χ3v) is 8.94. The number of Topliss-reactive ketones (excluding diaryl/α,β-unsaturated/α-hetero) is 1. The van der Waals surface area contributed by atoms with Crippen molar-refractivity contribution in [2.24, 2.45) is 11.3 Å². The second-order valence-electron chi connectivity index (χ2n) is 11.3. The number of rotatable bonds is 9. The van der Waals surface area contributed by atoms with Crippen LogP contribution in [-0.2, 0) is 5.60 Å². The maximum atomic E-state index is 14.8. The van der Waals surface area contributed by atoms with Gasteiger partial charge in [0.05, 0.1) is 42.1 Å². The summed E-state index contributed by atoms with van der Waals surface area (Å²) in [5, 5.41) is 58.5. The maximum Gasteiger partial charge on any atom is 0.269 e. The Morgan fingerprint density at radius 2 is 1.30 bits per heavy atom. The minimum absolute atomic E-state index is 0.0937. The summed E-state index contributed by atoms with van der Waals surface area (Å²) in [7, 11) is 2.92. The zero-order chi connectivity index (χ0) is 33.9. The normalized spacial score (nSPS) is 21.4. The van der Waals surface area contributed by atoms with E-state index in [4.69, 9.17) is 9.47 Å². The van der Waals surface area contributed by atoms with E-state index in [-0.39, 0.29) is 40.0 Å². The summed E-state index contributed by atoms with van der Waals surface area (Å²) in [4.78, 5) is 37.2. The van der Waals surface area contributed by atoms with Crippen molar-refractivity contribution in [1.82, 2.24) is 0 Å². The average Bonchev–Trinajstić information content (AvgIpc) is 3.11. The Labute approximate surface area is 269 Å². The average molecular weight is 633 g/mol. The van der Waals surface area contributed by atoms with Crippen molar-refractivity contribution in [2.45, 2.75) is 23.9 Å². The molecular weight excluding hydrogens is 604 g/mol. The smallest absolute Gasteiger partial charge is 0.269 e. The number of methoxy groups -OCH3 is 2. The molecular formula is C35H28N4O8. The molecule has 1 saturated carbocycles. The number of ketones is 1. The fourth-order valence-corrected chi connectivity index (χ4v) is 6.68. The number of nitriles is 2. The number of carbonyl (C=O) groups is 1. The van der Waals surface area contributed by atoms with Crippen LogP contribution < -0.4 is 9.47 Å². The number of ether oxygens (including phenoxy) is 2. The lowest BCUT2D eigenvalue weighted by Crippen LogP contribution is -2.55. The lowest BCUT2D eigenvalue weighted by Gasteiger charge is -2.53. The molecule has 1 fully saturated rings. The van der Waals surface area contributed by atoms with E-state index in [0.29, 0.717) is 11.5 Å². The van der Waals surface area contributed by atoms with Crippen LogP contribution >= 0.6 is 0 Å². The van der Waals surface area contributed by atoms with Crippen molar-refractivity contribution in [3.05, 3.63) is 140 Å². The van der Waals surface area contributed by atoms with Gasteiger partial charge in [-0.15, -0.1) is 0 Å². The maximum absolute atomic E-state index is 14.8. The van der Waals surface area contributed by atoms with Crippen LogP contribution in [0.3, 0.4) is 0 Å². The highest BCUT2D eigenvalue weighted by molar-refractivity contribution is 6.00. The molecule has 4 aromatic carbocycles. The molecule has 0 aliphatic heterocycles. The topological polar surface area (TPSA) is 190 Å². The summed E-state index contributed by atoms with van der Waals surface area (Å²) in [6.07, 6.45) is -0.375. The standard InChI is InChI=1S/C35H28N4O8/c1-46-28-13-9-22(10-14-28)33(40)32-31(24-6-4-8-27(18-24)39(44)45)34(20-36,21-37)30(23-5-3-7-26(17-23)38(42)43)19-35(32,41)25-11-15-29(47-2)16-12-25/h3-18,30-32,41H,19H2,1-2H3. The van der Waals surface area contributed by atoms with Gasteiger partial charge >= 0.3 is 0 Å². The third-order valence-electron chi connectivity index (χ3n) is 8.94. The molecule has 1 aliphatic rings. The molecule has 5 rings (SSSR count). The van der Waals surface area contributed by atoms with Crippen LogP contribution in [0.2, 0.25) is 0 Å². The Morgan fingerprint density at radius 1 is 0.809 bits per heavy atom. The number of nitro benzene ring substituents is 2. The molecule has 47 heavy (non-hydrogen) atoms. The van der Waals surface area contributed by atoms with Gasteiger partial charge < -0.3 is 14.6 Å². The SMILES string of the molecule is COc1ccc(C(=O)C2C(c3cccc([N+](=O)[O-])c3)C(C#N)(C#N)C(c3cccc([N+](=O)[O-])c3)CC2(O)c2ccc(OC)cc2)cc1. The van der Waals surface area contributed by atoms with Crippen LogP contribution in [0.5, 0.6) is 11.5 Å². The molecule has 0 aromatic heterocycles. The number of non-ortho nitro benzene ring substituents is 2. The summed E-state index contributed by atoms with van der Waals surface area (Å²) < 4.78 is 10.5. The zero-order valence-electron chi connectivity index (χ0n) is 25.3. The van der Waals surface area contributed by atoms with Crippen LogP contribution in [0.1, 0.15) is 45.3 Å². The van der Waals surface area contributed by atoms with Gasteiger partial charge in [-0.1, -0.05) is 36.4 Å². The minimum Gasteiger partial charge on any atom is -0.497 e. The van der Waals surface area contributed by atoms with Crippen molar-refractivity contribution in [3.63, 3.8) is 0 Å². The van der Waals surface area contributed by atoms with Crippen molar-refractivity contribution < 1.29 is 29.2 Å². The number of nitro groups is 2. The molecule has 12 heteroatoms. The summed E-state index contributed by atoms with van der Waals surface area (Å²) in [5.74, 6) is -3.92. The van der Waals surface area contributed by atoms with Gasteiger partial charge in [0.2, 0.25) is 0 Å². The Kier molecular flexibility index (Phi) is 8.73. The molecule has 4 atom stereocenters. The fraction of sp³-hybridized carbons (Fsp3) is 0.229. The first-order chi connectivity index (χ1) is 22.5.